The summed E-state index contributed by atoms with van der Waals surface area (Å²) in [5, 5.41) is 3.04. The largest absolute Gasteiger partial charge is 0.573 e. The lowest BCUT2D eigenvalue weighted by Gasteiger charge is -2.19. The van der Waals surface area contributed by atoms with Crippen LogP contribution in [0.25, 0.3) is 0 Å². The van der Waals surface area contributed by atoms with Crippen LogP contribution in [0.1, 0.15) is 26.7 Å². The van der Waals surface area contributed by atoms with Gasteiger partial charge in [0.2, 0.25) is 0 Å². The molecule has 1 rings (SSSR count). The van der Waals surface area contributed by atoms with Crippen LogP contribution in [0, 0.1) is 0 Å². The summed E-state index contributed by atoms with van der Waals surface area (Å²) in [7, 11) is 0. The van der Waals surface area contributed by atoms with E-state index in [1.807, 2.05) is 13.8 Å². The first kappa shape index (κ1) is 13.7. The van der Waals surface area contributed by atoms with Crippen molar-refractivity contribution in [1.82, 2.24) is 0 Å². The number of benzene rings is 1. The zero-order chi connectivity index (χ0) is 12.9. The zero-order valence-electron chi connectivity index (χ0n) is 9.84. The second kappa shape index (κ2) is 5.80. The Morgan fingerprint density at radius 1 is 1.18 bits per heavy atom. The molecule has 0 amide bonds. The molecule has 0 saturated heterocycles. The number of hydrogen-bond donors (Lipinski definition) is 1. The second-order valence-electron chi connectivity index (χ2n) is 3.70. The molecule has 0 spiro atoms. The van der Waals surface area contributed by atoms with Crippen molar-refractivity contribution < 1.29 is 17.9 Å². The molecule has 0 fully saturated rings. The summed E-state index contributed by atoms with van der Waals surface area (Å²) >= 11 is 0. The highest BCUT2D eigenvalue weighted by molar-refractivity contribution is 5.56. The van der Waals surface area contributed by atoms with E-state index < -0.39 is 6.36 Å². The quantitative estimate of drug-likeness (QED) is 0.842. The number of hydrogen-bond acceptors (Lipinski definition) is 2. The van der Waals surface area contributed by atoms with Crippen LogP contribution in [-0.4, -0.2) is 12.4 Å². The molecule has 0 aliphatic heterocycles. The van der Waals surface area contributed by atoms with Crippen molar-refractivity contribution in [3.63, 3.8) is 0 Å². The molecule has 0 aromatic heterocycles. The normalized spacial score (nSPS) is 11.6. The molecule has 96 valence electrons. The topological polar surface area (TPSA) is 21.3 Å². The highest BCUT2D eigenvalue weighted by atomic mass is 19.4. The van der Waals surface area contributed by atoms with Crippen LogP contribution in [0.4, 0.5) is 18.9 Å². The lowest BCUT2D eigenvalue weighted by atomic mass is 10.1. The molecule has 0 bridgehead atoms. The maximum Gasteiger partial charge on any atom is 0.573 e. The van der Waals surface area contributed by atoms with Gasteiger partial charge in [-0.1, -0.05) is 26.0 Å². The van der Waals surface area contributed by atoms with Gasteiger partial charge in [0, 0.05) is 6.04 Å². The van der Waals surface area contributed by atoms with Crippen LogP contribution in [0.5, 0.6) is 5.75 Å². The minimum Gasteiger partial charge on any atom is -0.404 e. The molecule has 0 heterocycles. The number of halogens is 3. The Morgan fingerprint density at radius 2 is 1.76 bits per heavy atom. The Labute approximate surface area is 98.8 Å². The number of nitrogens with one attached hydrogen (secondary N) is 1. The Bertz CT molecular complexity index is 348. The van der Waals surface area contributed by atoms with Gasteiger partial charge in [0.05, 0.1) is 5.69 Å². The van der Waals surface area contributed by atoms with E-state index in [0.29, 0.717) is 5.69 Å². The summed E-state index contributed by atoms with van der Waals surface area (Å²) in [6, 6.07) is 6.22. The number of alkyl halides is 3. The summed E-state index contributed by atoms with van der Waals surface area (Å²) < 4.78 is 40.5. The Balaban J connectivity index is 2.84. The van der Waals surface area contributed by atoms with Gasteiger partial charge in [-0.2, -0.15) is 0 Å². The number of rotatable bonds is 5. The van der Waals surface area contributed by atoms with E-state index in [1.54, 1.807) is 12.1 Å². The molecule has 0 unspecified atom stereocenters. The van der Waals surface area contributed by atoms with E-state index in [0.717, 1.165) is 12.8 Å². The number of anilines is 1. The molecule has 0 saturated carbocycles. The first-order chi connectivity index (χ1) is 7.96. The molecule has 0 atom stereocenters. The van der Waals surface area contributed by atoms with Crippen molar-refractivity contribution in [2.24, 2.45) is 0 Å². The van der Waals surface area contributed by atoms with E-state index in [1.165, 1.54) is 12.1 Å². The van der Waals surface area contributed by atoms with Gasteiger partial charge >= 0.3 is 6.36 Å². The van der Waals surface area contributed by atoms with Crippen LogP contribution in [0.15, 0.2) is 24.3 Å². The standard InChI is InChI=1S/C12H16F3NO/c1-3-9(4-2)16-10-7-5-6-8-11(10)17-12(13,14)15/h5-9,16H,3-4H2,1-2H3. The van der Waals surface area contributed by atoms with Crippen LogP contribution < -0.4 is 10.1 Å². The maximum atomic E-state index is 12.2. The molecule has 17 heavy (non-hydrogen) atoms. The van der Waals surface area contributed by atoms with Gasteiger partial charge in [0.1, 0.15) is 0 Å². The van der Waals surface area contributed by atoms with Crippen molar-refractivity contribution in [1.29, 1.82) is 0 Å². The van der Waals surface area contributed by atoms with Crippen LogP contribution >= 0.6 is 0 Å². The maximum absolute atomic E-state index is 12.2. The summed E-state index contributed by atoms with van der Waals surface area (Å²) in [6.07, 6.45) is -2.97. The predicted octanol–water partition coefficient (Wildman–Crippen LogP) is 4.19. The van der Waals surface area contributed by atoms with Gasteiger partial charge in [-0.25, -0.2) is 0 Å². The highest BCUT2D eigenvalue weighted by Crippen LogP contribution is 2.30. The zero-order valence-corrected chi connectivity index (χ0v) is 9.84. The summed E-state index contributed by atoms with van der Waals surface area (Å²) in [4.78, 5) is 0. The van der Waals surface area contributed by atoms with Crippen LogP contribution in [0.2, 0.25) is 0 Å². The molecule has 1 aromatic carbocycles. The van der Waals surface area contributed by atoms with E-state index in [2.05, 4.69) is 10.1 Å². The minimum absolute atomic E-state index is 0.146. The number of ether oxygens (including phenoxy) is 1. The Kier molecular flexibility index (Phi) is 4.66. The first-order valence-electron chi connectivity index (χ1n) is 5.57. The first-order valence-corrected chi connectivity index (χ1v) is 5.57. The fraction of sp³-hybridized carbons (Fsp3) is 0.500. The van der Waals surface area contributed by atoms with Gasteiger partial charge in [0.15, 0.2) is 5.75 Å². The van der Waals surface area contributed by atoms with Gasteiger partial charge in [0.25, 0.3) is 0 Å². The molecular weight excluding hydrogens is 231 g/mol. The fourth-order valence-corrected chi connectivity index (χ4v) is 1.51. The van der Waals surface area contributed by atoms with Crippen molar-refractivity contribution in [3.05, 3.63) is 24.3 Å². The van der Waals surface area contributed by atoms with E-state index >= 15 is 0 Å². The summed E-state index contributed by atoms with van der Waals surface area (Å²) in [5.74, 6) is -0.188. The van der Waals surface area contributed by atoms with Gasteiger partial charge in [-0.15, -0.1) is 13.2 Å². The van der Waals surface area contributed by atoms with Gasteiger partial charge in [-0.3, -0.25) is 0 Å². The Hall–Kier alpha value is -1.39. The summed E-state index contributed by atoms with van der Waals surface area (Å²) in [5.41, 5.74) is 0.374. The number of para-hydroxylation sites is 2. The molecule has 0 radical (unpaired) electrons. The fourth-order valence-electron chi connectivity index (χ4n) is 1.51. The third kappa shape index (κ3) is 4.54. The van der Waals surface area contributed by atoms with Crippen LogP contribution in [-0.2, 0) is 0 Å². The molecule has 1 N–H and O–H groups in total. The lowest BCUT2D eigenvalue weighted by molar-refractivity contribution is -0.274. The molecule has 0 aliphatic carbocycles. The molecule has 1 aromatic rings. The molecular formula is C12H16F3NO. The molecule has 2 nitrogen and oxygen atoms in total. The van der Waals surface area contributed by atoms with Gasteiger partial charge in [-0.05, 0) is 25.0 Å². The van der Waals surface area contributed by atoms with E-state index in [9.17, 15) is 13.2 Å². The molecule has 0 aliphatic rings. The van der Waals surface area contributed by atoms with Crippen molar-refractivity contribution in [3.8, 4) is 5.75 Å². The monoisotopic (exact) mass is 247 g/mol. The highest BCUT2D eigenvalue weighted by Gasteiger charge is 2.32. The summed E-state index contributed by atoms with van der Waals surface area (Å²) in [6.45, 7) is 3.96. The average Bonchev–Trinajstić information content (AvgIpc) is 2.26. The average molecular weight is 247 g/mol. The second-order valence-corrected chi connectivity index (χ2v) is 3.70. The third-order valence-corrected chi connectivity index (χ3v) is 2.46. The minimum atomic E-state index is -4.66. The smallest absolute Gasteiger partial charge is 0.404 e. The van der Waals surface area contributed by atoms with Gasteiger partial charge < -0.3 is 10.1 Å². The van der Waals surface area contributed by atoms with E-state index in [-0.39, 0.29) is 11.8 Å². The SMILES string of the molecule is CCC(CC)Nc1ccccc1OC(F)(F)F. The van der Waals surface area contributed by atoms with Crippen molar-refractivity contribution in [2.45, 2.75) is 39.1 Å². The van der Waals surface area contributed by atoms with E-state index in [4.69, 9.17) is 0 Å². The Morgan fingerprint density at radius 3 is 2.29 bits per heavy atom. The lowest BCUT2D eigenvalue weighted by Crippen LogP contribution is -2.21. The third-order valence-electron chi connectivity index (χ3n) is 2.46. The predicted molar refractivity (Wildman–Crippen MR) is 61.1 cm³/mol. The van der Waals surface area contributed by atoms with Crippen molar-refractivity contribution >= 4 is 5.69 Å². The molecule has 5 heteroatoms. The van der Waals surface area contributed by atoms with Crippen molar-refractivity contribution in [2.75, 3.05) is 5.32 Å². The van der Waals surface area contributed by atoms with Crippen LogP contribution in [0.3, 0.4) is 0 Å².